The quantitative estimate of drug-likeness (QED) is 0.477. The molecule has 0 aromatic rings. The van der Waals surface area contributed by atoms with Crippen LogP contribution in [0, 0.1) is 0 Å². The van der Waals surface area contributed by atoms with Gasteiger partial charge in [-0.25, -0.2) is 0 Å². The maximum Gasteiger partial charge on any atom is 0.306 e. The van der Waals surface area contributed by atoms with Crippen LogP contribution in [-0.2, 0) is 9.53 Å². The highest BCUT2D eigenvalue weighted by Gasteiger charge is 2.03. The molecule has 0 heterocycles. The highest BCUT2D eigenvalue weighted by atomic mass is 16.5. The predicted molar refractivity (Wildman–Crippen MR) is 42.1 cm³/mol. The molecule has 0 aromatic heterocycles. The van der Waals surface area contributed by atoms with Crippen molar-refractivity contribution in [3.63, 3.8) is 0 Å². The van der Waals surface area contributed by atoms with Crippen LogP contribution in [0.1, 0.15) is 19.8 Å². The van der Waals surface area contributed by atoms with Gasteiger partial charge in [0.2, 0.25) is 0 Å². The van der Waals surface area contributed by atoms with Gasteiger partial charge < -0.3 is 9.84 Å². The Bertz CT molecular complexity index is 129. The lowest BCUT2D eigenvalue weighted by Gasteiger charge is -2.02. The SMILES string of the molecule is C=CCOC(=O)CCC(C)O. The zero-order chi connectivity index (χ0) is 8.69. The Morgan fingerprint density at radius 3 is 2.91 bits per heavy atom. The lowest BCUT2D eigenvalue weighted by molar-refractivity contribution is -0.142. The van der Waals surface area contributed by atoms with Crippen molar-refractivity contribution in [3.05, 3.63) is 12.7 Å². The van der Waals surface area contributed by atoms with E-state index in [-0.39, 0.29) is 19.0 Å². The Balaban J connectivity index is 3.29. The summed E-state index contributed by atoms with van der Waals surface area (Å²) in [6.45, 7) is 5.29. The number of aliphatic hydroxyl groups excluding tert-OH is 1. The van der Waals surface area contributed by atoms with Gasteiger partial charge in [-0.05, 0) is 13.3 Å². The van der Waals surface area contributed by atoms with E-state index in [2.05, 4.69) is 11.3 Å². The lowest BCUT2D eigenvalue weighted by Crippen LogP contribution is -2.08. The number of carbonyl (C=O) groups is 1. The minimum Gasteiger partial charge on any atom is -0.461 e. The molecule has 0 aliphatic carbocycles. The Labute approximate surface area is 66.7 Å². The highest BCUT2D eigenvalue weighted by molar-refractivity contribution is 5.69. The molecule has 0 radical (unpaired) electrons. The van der Waals surface area contributed by atoms with Gasteiger partial charge in [-0.2, -0.15) is 0 Å². The van der Waals surface area contributed by atoms with Gasteiger partial charge in [0.1, 0.15) is 6.61 Å². The molecule has 0 aliphatic heterocycles. The fraction of sp³-hybridized carbons (Fsp3) is 0.625. The number of rotatable bonds is 5. The molecule has 1 atom stereocenters. The lowest BCUT2D eigenvalue weighted by atomic mass is 10.2. The van der Waals surface area contributed by atoms with Gasteiger partial charge in [0.25, 0.3) is 0 Å². The minimum absolute atomic E-state index is 0.249. The molecule has 1 unspecified atom stereocenters. The molecule has 64 valence electrons. The summed E-state index contributed by atoms with van der Waals surface area (Å²) in [5.74, 6) is -0.286. The summed E-state index contributed by atoms with van der Waals surface area (Å²) in [6, 6.07) is 0. The molecule has 3 heteroatoms. The van der Waals surface area contributed by atoms with Gasteiger partial charge in [-0.1, -0.05) is 12.7 Å². The Kier molecular flexibility index (Phi) is 5.47. The van der Waals surface area contributed by atoms with Crippen LogP contribution in [0.5, 0.6) is 0 Å². The Morgan fingerprint density at radius 1 is 1.82 bits per heavy atom. The highest BCUT2D eigenvalue weighted by Crippen LogP contribution is 1.97. The van der Waals surface area contributed by atoms with E-state index in [1.54, 1.807) is 6.92 Å². The standard InChI is InChI=1S/C8H14O3/c1-3-6-11-8(10)5-4-7(2)9/h3,7,9H,1,4-6H2,2H3. The molecule has 0 amide bonds. The second-order valence-corrected chi connectivity index (χ2v) is 2.36. The van der Waals surface area contributed by atoms with E-state index in [0.29, 0.717) is 6.42 Å². The number of hydrogen-bond acceptors (Lipinski definition) is 3. The van der Waals surface area contributed by atoms with Crippen molar-refractivity contribution in [2.45, 2.75) is 25.9 Å². The van der Waals surface area contributed by atoms with Crippen LogP contribution in [0.3, 0.4) is 0 Å². The average molecular weight is 158 g/mol. The average Bonchev–Trinajstić information content (AvgIpc) is 1.97. The first-order valence-electron chi connectivity index (χ1n) is 3.61. The van der Waals surface area contributed by atoms with E-state index >= 15 is 0 Å². The third-order valence-electron chi connectivity index (χ3n) is 1.13. The van der Waals surface area contributed by atoms with Crippen LogP contribution >= 0.6 is 0 Å². The first-order valence-corrected chi connectivity index (χ1v) is 3.61. The summed E-state index contributed by atoms with van der Waals surface area (Å²) in [5, 5.41) is 8.80. The largest absolute Gasteiger partial charge is 0.461 e. The second-order valence-electron chi connectivity index (χ2n) is 2.36. The molecular weight excluding hydrogens is 144 g/mol. The van der Waals surface area contributed by atoms with Crippen LogP contribution in [0.4, 0.5) is 0 Å². The summed E-state index contributed by atoms with van der Waals surface area (Å²) in [6.07, 6.45) is 1.80. The van der Waals surface area contributed by atoms with Crippen LogP contribution < -0.4 is 0 Å². The smallest absolute Gasteiger partial charge is 0.306 e. The topological polar surface area (TPSA) is 46.5 Å². The van der Waals surface area contributed by atoms with Crippen LogP contribution in [0.15, 0.2) is 12.7 Å². The molecule has 0 spiro atoms. The third kappa shape index (κ3) is 7.06. The van der Waals surface area contributed by atoms with Gasteiger partial charge in [0, 0.05) is 6.42 Å². The monoisotopic (exact) mass is 158 g/mol. The van der Waals surface area contributed by atoms with Gasteiger partial charge in [-0.3, -0.25) is 4.79 Å². The van der Waals surface area contributed by atoms with Crippen molar-refractivity contribution in [1.82, 2.24) is 0 Å². The number of ether oxygens (including phenoxy) is 1. The Hall–Kier alpha value is -0.830. The fourth-order valence-corrected chi connectivity index (χ4v) is 0.551. The molecular formula is C8H14O3. The van der Waals surface area contributed by atoms with Crippen LogP contribution in [0.2, 0.25) is 0 Å². The number of esters is 1. The van der Waals surface area contributed by atoms with Crippen LogP contribution in [0.25, 0.3) is 0 Å². The molecule has 0 saturated heterocycles. The zero-order valence-corrected chi connectivity index (χ0v) is 6.75. The molecule has 0 saturated carbocycles. The van der Waals surface area contributed by atoms with E-state index in [9.17, 15) is 4.79 Å². The van der Waals surface area contributed by atoms with Crippen molar-refractivity contribution >= 4 is 5.97 Å². The van der Waals surface area contributed by atoms with E-state index in [0.717, 1.165) is 0 Å². The van der Waals surface area contributed by atoms with Gasteiger partial charge >= 0.3 is 5.97 Å². The van der Waals surface area contributed by atoms with Gasteiger partial charge in [0.15, 0.2) is 0 Å². The minimum atomic E-state index is -0.439. The molecule has 1 N–H and O–H groups in total. The van der Waals surface area contributed by atoms with E-state index in [4.69, 9.17) is 5.11 Å². The Morgan fingerprint density at radius 2 is 2.45 bits per heavy atom. The summed E-state index contributed by atoms with van der Waals surface area (Å²) < 4.78 is 4.67. The van der Waals surface area contributed by atoms with Crippen molar-refractivity contribution in [2.75, 3.05) is 6.61 Å². The molecule has 0 aromatic carbocycles. The van der Waals surface area contributed by atoms with Crippen LogP contribution in [-0.4, -0.2) is 23.8 Å². The molecule has 0 bridgehead atoms. The number of aliphatic hydroxyl groups is 1. The molecule has 0 aliphatic rings. The van der Waals surface area contributed by atoms with Crippen molar-refractivity contribution in [1.29, 1.82) is 0 Å². The van der Waals surface area contributed by atoms with E-state index in [1.807, 2.05) is 0 Å². The van der Waals surface area contributed by atoms with E-state index in [1.165, 1.54) is 6.08 Å². The molecule has 0 rings (SSSR count). The first kappa shape index (κ1) is 10.2. The van der Waals surface area contributed by atoms with Crippen molar-refractivity contribution in [2.24, 2.45) is 0 Å². The van der Waals surface area contributed by atoms with Gasteiger partial charge in [-0.15, -0.1) is 0 Å². The molecule has 0 fully saturated rings. The first-order chi connectivity index (χ1) is 5.16. The summed E-state index contributed by atoms with van der Waals surface area (Å²) >= 11 is 0. The predicted octanol–water partition coefficient (Wildman–Crippen LogP) is 0.877. The summed E-state index contributed by atoms with van der Waals surface area (Å²) in [7, 11) is 0. The second kappa shape index (κ2) is 5.92. The number of hydrogen-bond donors (Lipinski definition) is 1. The summed E-state index contributed by atoms with van der Waals surface area (Å²) in [5.41, 5.74) is 0. The maximum atomic E-state index is 10.7. The fourth-order valence-electron chi connectivity index (χ4n) is 0.551. The summed E-state index contributed by atoms with van der Waals surface area (Å²) in [4.78, 5) is 10.7. The van der Waals surface area contributed by atoms with E-state index < -0.39 is 6.10 Å². The maximum absolute atomic E-state index is 10.7. The van der Waals surface area contributed by atoms with Gasteiger partial charge in [0.05, 0.1) is 6.10 Å². The zero-order valence-electron chi connectivity index (χ0n) is 6.75. The molecule has 3 nitrogen and oxygen atoms in total. The number of carbonyl (C=O) groups excluding carboxylic acids is 1. The molecule has 11 heavy (non-hydrogen) atoms. The third-order valence-corrected chi connectivity index (χ3v) is 1.13. The van der Waals surface area contributed by atoms with Crippen molar-refractivity contribution in [3.8, 4) is 0 Å². The normalized spacial score (nSPS) is 12.2. The van der Waals surface area contributed by atoms with Crippen molar-refractivity contribution < 1.29 is 14.6 Å².